The van der Waals surface area contributed by atoms with E-state index < -0.39 is 10.0 Å². The summed E-state index contributed by atoms with van der Waals surface area (Å²) in [6.07, 6.45) is 2.53. The normalized spacial score (nSPS) is 15.2. The maximum atomic E-state index is 12.9. The maximum absolute atomic E-state index is 12.9. The van der Waals surface area contributed by atoms with Crippen LogP contribution in [0.3, 0.4) is 0 Å². The van der Waals surface area contributed by atoms with Crippen LogP contribution < -0.4 is 4.74 Å². The number of hydrogen-bond donors (Lipinski definition) is 0. The molecule has 2 aromatic heterocycles. The first-order valence-electron chi connectivity index (χ1n) is 11.1. The van der Waals surface area contributed by atoms with E-state index in [0.29, 0.717) is 30.9 Å². The topological polar surface area (TPSA) is 112 Å². The third-order valence-corrected chi connectivity index (χ3v) is 7.91. The number of sulfonamides is 1. The summed E-state index contributed by atoms with van der Waals surface area (Å²) in [5.41, 5.74) is 2.02. The molecule has 1 saturated heterocycles. The Morgan fingerprint density at radius 2 is 1.82 bits per heavy atom. The van der Waals surface area contributed by atoms with Crippen molar-refractivity contribution >= 4 is 16.0 Å². The Morgan fingerprint density at radius 3 is 2.44 bits per heavy atom. The van der Waals surface area contributed by atoms with Crippen LogP contribution in [0.15, 0.2) is 58.1 Å². The number of ether oxygens (including phenoxy) is 2. The molecule has 0 N–H and O–H groups in total. The second-order valence-corrected chi connectivity index (χ2v) is 10.1. The SMILES string of the molecule is Cc1noc(C)c1S(=O)(=O)N1CCC(C(=O)OCc2ccc(OCc3ccccn3)cc2)CC1. The average molecular weight is 486 g/mol. The number of piperidine rings is 1. The van der Waals surface area contributed by atoms with Crippen molar-refractivity contribution in [2.45, 2.75) is 44.8 Å². The van der Waals surface area contributed by atoms with Gasteiger partial charge in [0.1, 0.15) is 29.6 Å². The first-order valence-corrected chi connectivity index (χ1v) is 12.5. The first kappa shape index (κ1) is 23.9. The molecule has 0 bridgehead atoms. The molecule has 0 amide bonds. The molecule has 4 rings (SSSR count). The monoisotopic (exact) mass is 485 g/mol. The quantitative estimate of drug-likeness (QED) is 0.446. The highest BCUT2D eigenvalue weighted by molar-refractivity contribution is 7.89. The Hall–Kier alpha value is -3.24. The molecule has 1 aliphatic heterocycles. The van der Waals surface area contributed by atoms with E-state index >= 15 is 0 Å². The summed E-state index contributed by atoms with van der Waals surface area (Å²) < 4.78 is 43.4. The van der Waals surface area contributed by atoms with Crippen LogP contribution in [0.2, 0.25) is 0 Å². The van der Waals surface area contributed by atoms with Crippen LogP contribution in [-0.2, 0) is 32.8 Å². The van der Waals surface area contributed by atoms with Gasteiger partial charge in [-0.3, -0.25) is 9.78 Å². The smallest absolute Gasteiger partial charge is 0.309 e. The minimum atomic E-state index is -3.70. The summed E-state index contributed by atoms with van der Waals surface area (Å²) >= 11 is 0. The zero-order chi connectivity index (χ0) is 24.1. The van der Waals surface area contributed by atoms with Crippen molar-refractivity contribution in [2.75, 3.05) is 13.1 Å². The summed E-state index contributed by atoms with van der Waals surface area (Å²) in [6.45, 7) is 4.20. The molecule has 34 heavy (non-hydrogen) atoms. The van der Waals surface area contributed by atoms with Crippen molar-refractivity contribution < 1.29 is 27.2 Å². The van der Waals surface area contributed by atoms with Crippen LogP contribution in [0.25, 0.3) is 0 Å². The van der Waals surface area contributed by atoms with Crippen LogP contribution in [0.4, 0.5) is 0 Å². The molecule has 0 atom stereocenters. The van der Waals surface area contributed by atoms with Crippen LogP contribution in [0.1, 0.15) is 35.6 Å². The molecule has 1 aliphatic rings. The van der Waals surface area contributed by atoms with Crippen LogP contribution in [-0.4, -0.2) is 41.9 Å². The second kappa shape index (κ2) is 10.4. The summed E-state index contributed by atoms with van der Waals surface area (Å²) in [6, 6.07) is 13.0. The molecule has 3 aromatic rings. The predicted octanol–water partition coefficient (Wildman–Crippen LogP) is 3.41. The molecule has 180 valence electrons. The van der Waals surface area contributed by atoms with Crippen molar-refractivity contribution in [3.63, 3.8) is 0 Å². The first-order chi connectivity index (χ1) is 16.3. The number of hydrogen-bond acceptors (Lipinski definition) is 8. The van der Waals surface area contributed by atoms with Crippen molar-refractivity contribution in [1.82, 2.24) is 14.4 Å². The lowest BCUT2D eigenvalue weighted by atomic mass is 9.98. The van der Waals surface area contributed by atoms with Crippen molar-refractivity contribution in [1.29, 1.82) is 0 Å². The van der Waals surface area contributed by atoms with E-state index in [9.17, 15) is 13.2 Å². The van der Waals surface area contributed by atoms with Crippen LogP contribution >= 0.6 is 0 Å². The van der Waals surface area contributed by atoms with E-state index in [1.165, 1.54) is 4.31 Å². The molecule has 0 radical (unpaired) electrons. The van der Waals surface area contributed by atoms with Gasteiger partial charge >= 0.3 is 5.97 Å². The number of carbonyl (C=O) groups excluding carboxylic acids is 1. The minimum Gasteiger partial charge on any atom is -0.487 e. The third-order valence-electron chi connectivity index (χ3n) is 5.77. The largest absolute Gasteiger partial charge is 0.487 e. The van der Waals surface area contributed by atoms with Gasteiger partial charge in [0.05, 0.1) is 11.6 Å². The van der Waals surface area contributed by atoms with E-state index in [0.717, 1.165) is 11.3 Å². The zero-order valence-electron chi connectivity index (χ0n) is 19.1. The Balaban J connectivity index is 1.24. The van der Waals surface area contributed by atoms with Gasteiger partial charge in [-0.15, -0.1) is 0 Å². The highest BCUT2D eigenvalue weighted by Crippen LogP contribution is 2.28. The molecule has 0 spiro atoms. The number of esters is 1. The number of rotatable bonds is 8. The van der Waals surface area contributed by atoms with E-state index in [2.05, 4.69) is 10.1 Å². The van der Waals surface area contributed by atoms with Crippen molar-refractivity contribution in [2.24, 2.45) is 5.92 Å². The molecule has 1 fully saturated rings. The minimum absolute atomic E-state index is 0.112. The fourth-order valence-corrected chi connectivity index (χ4v) is 5.66. The number of nitrogens with zero attached hydrogens (tertiary/aromatic N) is 3. The highest BCUT2D eigenvalue weighted by atomic mass is 32.2. The fourth-order valence-electron chi connectivity index (χ4n) is 3.90. The third kappa shape index (κ3) is 5.45. The van der Waals surface area contributed by atoms with Crippen molar-refractivity contribution in [3.05, 3.63) is 71.4 Å². The maximum Gasteiger partial charge on any atom is 0.309 e. The van der Waals surface area contributed by atoms with Gasteiger partial charge in [0.25, 0.3) is 0 Å². The van der Waals surface area contributed by atoms with Gasteiger partial charge in [-0.2, -0.15) is 4.31 Å². The molecule has 1 aromatic carbocycles. The van der Waals surface area contributed by atoms with Gasteiger partial charge in [-0.05, 0) is 56.5 Å². The van der Waals surface area contributed by atoms with Crippen LogP contribution in [0.5, 0.6) is 5.75 Å². The fraction of sp³-hybridized carbons (Fsp3) is 0.375. The zero-order valence-corrected chi connectivity index (χ0v) is 20.0. The summed E-state index contributed by atoms with van der Waals surface area (Å²) in [5.74, 6) is 0.321. The summed E-state index contributed by atoms with van der Waals surface area (Å²) in [5, 5.41) is 3.74. The van der Waals surface area contributed by atoms with Crippen molar-refractivity contribution in [3.8, 4) is 5.75 Å². The Kier molecular flexibility index (Phi) is 7.28. The van der Waals surface area contributed by atoms with Gasteiger partial charge in [0.15, 0.2) is 5.76 Å². The Labute approximate surface area is 198 Å². The molecule has 9 nitrogen and oxygen atoms in total. The van der Waals surface area contributed by atoms with Gasteiger partial charge < -0.3 is 14.0 Å². The lowest BCUT2D eigenvalue weighted by Gasteiger charge is -2.30. The average Bonchev–Trinajstić information content (AvgIpc) is 3.21. The number of aryl methyl sites for hydroxylation is 2. The summed E-state index contributed by atoms with van der Waals surface area (Å²) in [4.78, 5) is 16.9. The van der Waals surface area contributed by atoms with Gasteiger partial charge in [-0.25, -0.2) is 8.42 Å². The molecule has 0 unspecified atom stereocenters. The Morgan fingerprint density at radius 1 is 1.09 bits per heavy atom. The molecule has 0 aliphatic carbocycles. The number of pyridine rings is 1. The van der Waals surface area contributed by atoms with Crippen LogP contribution in [0, 0.1) is 19.8 Å². The van der Waals surface area contributed by atoms with E-state index in [-0.39, 0.29) is 42.2 Å². The standard InChI is InChI=1S/C24H27N3O6S/c1-17-23(18(2)33-26-17)34(29,30)27-13-10-20(11-14-27)24(28)32-15-19-6-8-22(9-7-19)31-16-21-5-3-4-12-25-21/h3-9,12,20H,10-11,13-16H2,1-2H3. The Bertz CT molecular complexity index is 1200. The lowest BCUT2D eigenvalue weighted by molar-refractivity contribution is -0.151. The molecular formula is C24H27N3O6S. The predicted molar refractivity (Wildman–Crippen MR) is 122 cm³/mol. The van der Waals surface area contributed by atoms with E-state index in [4.69, 9.17) is 14.0 Å². The molecule has 10 heteroatoms. The van der Waals surface area contributed by atoms with Gasteiger partial charge in [0.2, 0.25) is 10.0 Å². The lowest BCUT2D eigenvalue weighted by Crippen LogP contribution is -2.40. The number of benzene rings is 1. The van der Waals surface area contributed by atoms with E-state index in [1.54, 1.807) is 20.0 Å². The molecule has 3 heterocycles. The molecular weight excluding hydrogens is 458 g/mol. The summed E-state index contributed by atoms with van der Waals surface area (Å²) in [7, 11) is -3.70. The highest BCUT2D eigenvalue weighted by Gasteiger charge is 2.35. The number of carbonyl (C=O) groups is 1. The van der Waals surface area contributed by atoms with Gasteiger partial charge in [-0.1, -0.05) is 23.4 Å². The van der Waals surface area contributed by atoms with E-state index in [1.807, 2.05) is 42.5 Å². The van der Waals surface area contributed by atoms with Gasteiger partial charge in [0, 0.05) is 19.3 Å². The second-order valence-electron chi connectivity index (χ2n) is 8.19. The number of aromatic nitrogens is 2. The molecule has 0 saturated carbocycles.